The Labute approximate surface area is 198 Å². The van der Waals surface area contributed by atoms with Gasteiger partial charge in [0.2, 0.25) is 0 Å². The molecule has 1 fully saturated rings. The van der Waals surface area contributed by atoms with Crippen molar-refractivity contribution in [2.45, 2.75) is 13.2 Å². The minimum Gasteiger partial charge on any atom is -0.486 e. The monoisotopic (exact) mass is 460 g/mol. The third-order valence-corrected chi connectivity index (χ3v) is 6.21. The highest BCUT2D eigenvalue weighted by atomic mass is 35.5. The lowest BCUT2D eigenvalue weighted by Gasteiger charge is -2.34. The summed E-state index contributed by atoms with van der Waals surface area (Å²) < 4.78 is 11.7. The van der Waals surface area contributed by atoms with Gasteiger partial charge in [-0.1, -0.05) is 54.1 Å². The van der Waals surface area contributed by atoms with Crippen LogP contribution in [0, 0.1) is 0 Å². The zero-order valence-electron chi connectivity index (χ0n) is 18.2. The first-order valence-electron chi connectivity index (χ1n) is 11.1. The van der Waals surface area contributed by atoms with Crippen molar-refractivity contribution in [2.75, 3.05) is 26.2 Å². The molecular formula is C27H25ClN2O3. The molecule has 0 N–H and O–H groups in total. The van der Waals surface area contributed by atoms with E-state index < -0.39 is 0 Å². The predicted molar refractivity (Wildman–Crippen MR) is 130 cm³/mol. The molecule has 6 heteroatoms. The molecule has 33 heavy (non-hydrogen) atoms. The number of hydrogen-bond acceptors (Lipinski definition) is 4. The van der Waals surface area contributed by atoms with Crippen LogP contribution in [0.3, 0.4) is 0 Å². The zero-order chi connectivity index (χ0) is 22.6. The van der Waals surface area contributed by atoms with E-state index in [4.69, 9.17) is 20.8 Å². The van der Waals surface area contributed by atoms with Gasteiger partial charge in [0.05, 0.1) is 0 Å². The van der Waals surface area contributed by atoms with Crippen LogP contribution in [-0.2, 0) is 13.2 Å². The van der Waals surface area contributed by atoms with Crippen molar-refractivity contribution in [3.8, 4) is 5.75 Å². The molecule has 5 nitrogen and oxygen atoms in total. The van der Waals surface area contributed by atoms with E-state index in [1.54, 1.807) is 6.07 Å². The largest absolute Gasteiger partial charge is 0.486 e. The van der Waals surface area contributed by atoms with Crippen molar-refractivity contribution < 1.29 is 13.9 Å². The number of carbonyl (C=O) groups is 1. The fraction of sp³-hybridized carbons (Fsp3) is 0.222. The molecule has 0 aliphatic carbocycles. The number of nitrogens with zero attached hydrogens (tertiary/aromatic N) is 2. The molecule has 2 heterocycles. The fourth-order valence-corrected chi connectivity index (χ4v) is 4.22. The lowest BCUT2D eigenvalue weighted by Crippen LogP contribution is -2.48. The molecule has 4 aromatic rings. The van der Waals surface area contributed by atoms with Crippen molar-refractivity contribution in [1.29, 1.82) is 0 Å². The summed E-state index contributed by atoms with van der Waals surface area (Å²) >= 11 is 5.97. The molecule has 5 rings (SSSR count). The summed E-state index contributed by atoms with van der Waals surface area (Å²) in [6, 6.07) is 25.6. The average Bonchev–Trinajstić information content (AvgIpc) is 3.33. The summed E-state index contributed by atoms with van der Waals surface area (Å²) in [6.07, 6.45) is 0. The Hall–Kier alpha value is -3.28. The molecule has 0 radical (unpaired) electrons. The Morgan fingerprint density at radius 2 is 1.64 bits per heavy atom. The van der Waals surface area contributed by atoms with Gasteiger partial charge in [-0.3, -0.25) is 9.69 Å². The van der Waals surface area contributed by atoms with Gasteiger partial charge in [-0.25, -0.2) is 0 Å². The van der Waals surface area contributed by atoms with Crippen LogP contribution >= 0.6 is 11.6 Å². The van der Waals surface area contributed by atoms with Crippen LogP contribution in [0.15, 0.2) is 83.3 Å². The average molecular weight is 461 g/mol. The summed E-state index contributed by atoms with van der Waals surface area (Å²) in [5, 5.41) is 3.04. The minimum atomic E-state index is -0.0712. The van der Waals surface area contributed by atoms with E-state index in [9.17, 15) is 4.79 Å². The maximum atomic E-state index is 12.9. The Morgan fingerprint density at radius 3 is 2.42 bits per heavy atom. The first kappa shape index (κ1) is 21.6. The quantitative estimate of drug-likeness (QED) is 0.374. The Balaban J connectivity index is 1.13. The van der Waals surface area contributed by atoms with Crippen LogP contribution in [0.25, 0.3) is 10.8 Å². The number of hydrogen-bond donors (Lipinski definition) is 0. The smallest absolute Gasteiger partial charge is 0.289 e. The van der Waals surface area contributed by atoms with Crippen molar-refractivity contribution in [2.24, 2.45) is 0 Å². The first-order chi connectivity index (χ1) is 16.1. The molecule has 0 spiro atoms. The summed E-state index contributed by atoms with van der Waals surface area (Å²) in [6.45, 7) is 4.14. The topological polar surface area (TPSA) is 45.9 Å². The summed E-state index contributed by atoms with van der Waals surface area (Å²) in [7, 11) is 0. The summed E-state index contributed by atoms with van der Waals surface area (Å²) in [4.78, 5) is 17.1. The number of benzene rings is 3. The van der Waals surface area contributed by atoms with E-state index >= 15 is 0 Å². The number of rotatable bonds is 6. The van der Waals surface area contributed by atoms with E-state index in [0.717, 1.165) is 35.8 Å². The van der Waals surface area contributed by atoms with Crippen LogP contribution in [0.5, 0.6) is 5.75 Å². The van der Waals surface area contributed by atoms with Gasteiger partial charge in [0.15, 0.2) is 5.76 Å². The molecule has 1 aromatic heterocycles. The van der Waals surface area contributed by atoms with Gasteiger partial charge in [0.25, 0.3) is 5.91 Å². The van der Waals surface area contributed by atoms with E-state index in [0.29, 0.717) is 24.6 Å². The summed E-state index contributed by atoms with van der Waals surface area (Å²) in [5.41, 5.74) is 1.22. The highest BCUT2D eigenvalue weighted by Crippen LogP contribution is 2.22. The van der Waals surface area contributed by atoms with Crippen molar-refractivity contribution >= 4 is 28.3 Å². The number of piperazine rings is 1. The highest BCUT2D eigenvalue weighted by molar-refractivity contribution is 6.30. The van der Waals surface area contributed by atoms with E-state index in [-0.39, 0.29) is 12.5 Å². The molecule has 0 bridgehead atoms. The van der Waals surface area contributed by atoms with Gasteiger partial charge in [0, 0.05) is 37.7 Å². The lowest BCUT2D eigenvalue weighted by molar-refractivity contribution is 0.0594. The molecule has 0 unspecified atom stereocenters. The first-order valence-corrected chi connectivity index (χ1v) is 11.5. The second kappa shape index (κ2) is 9.69. The van der Waals surface area contributed by atoms with E-state index in [1.807, 2.05) is 65.6 Å². The van der Waals surface area contributed by atoms with Crippen LogP contribution in [-0.4, -0.2) is 41.9 Å². The van der Waals surface area contributed by atoms with Crippen LogP contribution in [0.2, 0.25) is 5.02 Å². The van der Waals surface area contributed by atoms with Gasteiger partial charge < -0.3 is 14.1 Å². The number of amides is 1. The van der Waals surface area contributed by atoms with Crippen LogP contribution in [0.1, 0.15) is 21.9 Å². The molecule has 168 valence electrons. The standard InChI is InChI=1S/C27H25ClN2O3/c28-23-8-5-20(6-9-23)18-29-13-15-30(16-14-29)27(31)26-12-11-25(33-26)19-32-24-10-7-21-3-1-2-4-22(21)17-24/h1-12,17H,13-16,18-19H2. The number of ether oxygens (including phenoxy) is 1. The molecule has 1 aliphatic heterocycles. The SMILES string of the molecule is O=C(c1ccc(COc2ccc3ccccc3c2)o1)N1CCN(Cc2ccc(Cl)cc2)CC1. The number of furan rings is 1. The highest BCUT2D eigenvalue weighted by Gasteiger charge is 2.24. The maximum absolute atomic E-state index is 12.9. The number of halogens is 1. The predicted octanol–water partition coefficient (Wildman–Crippen LogP) is 5.62. The summed E-state index contributed by atoms with van der Waals surface area (Å²) in [5.74, 6) is 1.69. The Morgan fingerprint density at radius 1 is 0.879 bits per heavy atom. The second-order valence-corrected chi connectivity index (χ2v) is 8.69. The lowest BCUT2D eigenvalue weighted by atomic mass is 10.1. The van der Waals surface area contributed by atoms with Gasteiger partial charge in [-0.2, -0.15) is 0 Å². The van der Waals surface area contributed by atoms with E-state index in [2.05, 4.69) is 17.0 Å². The Kier molecular flexibility index (Phi) is 6.33. The molecule has 1 amide bonds. The molecule has 0 saturated carbocycles. The van der Waals surface area contributed by atoms with Crippen molar-refractivity contribution in [1.82, 2.24) is 9.80 Å². The molecule has 3 aromatic carbocycles. The third kappa shape index (κ3) is 5.21. The number of fused-ring (bicyclic) bond motifs is 1. The van der Waals surface area contributed by atoms with Crippen molar-refractivity contribution in [3.63, 3.8) is 0 Å². The minimum absolute atomic E-state index is 0.0712. The van der Waals surface area contributed by atoms with E-state index in [1.165, 1.54) is 10.9 Å². The molecular weight excluding hydrogens is 436 g/mol. The third-order valence-electron chi connectivity index (χ3n) is 5.95. The zero-order valence-corrected chi connectivity index (χ0v) is 19.0. The molecule has 0 atom stereocenters. The molecule has 1 saturated heterocycles. The van der Waals surface area contributed by atoms with Crippen LogP contribution < -0.4 is 4.74 Å². The van der Waals surface area contributed by atoms with Crippen molar-refractivity contribution in [3.05, 3.63) is 101 Å². The second-order valence-electron chi connectivity index (χ2n) is 8.26. The van der Waals surface area contributed by atoms with Gasteiger partial charge in [-0.15, -0.1) is 0 Å². The normalized spacial score (nSPS) is 14.5. The van der Waals surface area contributed by atoms with Gasteiger partial charge in [0.1, 0.15) is 18.1 Å². The molecule has 1 aliphatic rings. The fourth-order valence-electron chi connectivity index (χ4n) is 4.10. The Bertz CT molecular complexity index is 1240. The van der Waals surface area contributed by atoms with Gasteiger partial charge >= 0.3 is 0 Å². The number of carbonyl (C=O) groups excluding carboxylic acids is 1. The van der Waals surface area contributed by atoms with Crippen LogP contribution in [0.4, 0.5) is 0 Å². The van der Waals surface area contributed by atoms with Gasteiger partial charge in [-0.05, 0) is 52.7 Å². The maximum Gasteiger partial charge on any atom is 0.289 e.